The van der Waals surface area contributed by atoms with E-state index in [1.54, 1.807) is 5.32 Å². The summed E-state index contributed by atoms with van der Waals surface area (Å²) in [6.07, 6.45) is -0.632. The van der Waals surface area contributed by atoms with Gasteiger partial charge in [0.2, 0.25) is 0 Å². The summed E-state index contributed by atoms with van der Waals surface area (Å²) in [5, 5.41) is 39.9. The summed E-state index contributed by atoms with van der Waals surface area (Å²) >= 11 is 0. The Hall–Kier alpha value is -2.98. The molecule has 0 aromatic carbocycles. The summed E-state index contributed by atoms with van der Waals surface area (Å²) < 4.78 is 0. The van der Waals surface area contributed by atoms with Crippen molar-refractivity contribution in [3.63, 3.8) is 0 Å². The number of rotatable bonds is 11. The summed E-state index contributed by atoms with van der Waals surface area (Å²) in [6, 6.07) is 0. The molecule has 0 spiro atoms. The molecule has 16 heteroatoms. The molecule has 14 nitrogen and oxygen atoms in total. The second-order valence-corrected chi connectivity index (χ2v) is 11.9. The van der Waals surface area contributed by atoms with Gasteiger partial charge in [-0.15, -0.1) is 0 Å². The van der Waals surface area contributed by atoms with Crippen molar-refractivity contribution in [2.45, 2.75) is 13.3 Å². The molecule has 2 amide bonds. The van der Waals surface area contributed by atoms with Crippen molar-refractivity contribution < 1.29 is 58.8 Å². The van der Waals surface area contributed by atoms with Crippen LogP contribution in [0.2, 0.25) is 0 Å². The molecular weight excluding hydrogens is 426 g/mol. The summed E-state index contributed by atoms with van der Waals surface area (Å²) in [5.74, 6) is 0. The zero-order chi connectivity index (χ0) is 22.4. The van der Waals surface area contributed by atoms with Crippen LogP contribution in [0.5, 0.6) is 0 Å². The van der Waals surface area contributed by atoms with Gasteiger partial charge in [-0.3, -0.25) is 0 Å². The van der Waals surface area contributed by atoms with E-state index in [4.69, 9.17) is 20.4 Å². The number of carboxylic acid groups (broad SMARTS) is 4. The molecular formula is C12H18N2O12P2. The summed E-state index contributed by atoms with van der Waals surface area (Å²) in [7, 11) is -10.1. The van der Waals surface area contributed by atoms with Crippen LogP contribution in [0.3, 0.4) is 0 Å². The zero-order valence-electron chi connectivity index (χ0n) is 14.5. The van der Waals surface area contributed by atoms with E-state index < -0.39 is 72.7 Å². The van der Waals surface area contributed by atoms with Gasteiger partial charge in [0.1, 0.15) is 0 Å². The van der Waals surface area contributed by atoms with Gasteiger partial charge < -0.3 is 0 Å². The topological polar surface area (TPSA) is 242 Å². The molecule has 0 aromatic rings. The first-order chi connectivity index (χ1) is 12.8. The Kier molecular flexibility index (Phi) is 8.30. The monoisotopic (exact) mass is 444 g/mol. The first-order valence-corrected chi connectivity index (χ1v) is 11.3. The van der Waals surface area contributed by atoms with Crippen molar-refractivity contribution in [2.24, 2.45) is 0 Å². The standard InChI is InChI=1S/C12H18N2O12P2/c1-3-5(15)27(9(19)20,10(21)22)8(18)14-4-6(16)28(11(23)24,12(25)26)7(17)13-2/h27-28H,3-4H2,1-2H3,(H,13,17)(H,14,18)(H,19,20)(H,21,22)(H,23,24)(H,25,26). The van der Waals surface area contributed by atoms with E-state index in [-0.39, 0.29) is 0 Å². The molecule has 0 rings (SSSR count). The SMILES string of the molecule is CCC(=O)[PH](C(=O)O)(C(=O)O)C(=O)NCC(=O)[PH](C(=O)O)(C(=O)O)C(=O)NC. The number of hydrogen-bond donors (Lipinski definition) is 6. The van der Waals surface area contributed by atoms with Gasteiger partial charge in [-0.1, -0.05) is 0 Å². The van der Waals surface area contributed by atoms with Gasteiger partial charge in [-0.25, -0.2) is 0 Å². The average molecular weight is 444 g/mol. The zero-order valence-corrected chi connectivity index (χ0v) is 16.5. The Morgan fingerprint density at radius 2 is 1.04 bits per heavy atom. The van der Waals surface area contributed by atoms with Crippen LogP contribution in [0.25, 0.3) is 0 Å². The fourth-order valence-corrected chi connectivity index (χ4v) is 6.40. The predicted molar refractivity (Wildman–Crippen MR) is 96.9 cm³/mol. The van der Waals surface area contributed by atoms with Gasteiger partial charge in [0, 0.05) is 0 Å². The summed E-state index contributed by atoms with van der Waals surface area (Å²) in [6.45, 7) is -0.365. The second kappa shape index (κ2) is 9.29. The van der Waals surface area contributed by atoms with E-state index in [0.29, 0.717) is 0 Å². The molecule has 0 aliphatic heterocycles. The molecule has 0 unspecified atom stereocenters. The summed E-state index contributed by atoms with van der Waals surface area (Å²) in [5.41, 5.74) is -15.6. The first kappa shape index (κ1) is 25.0. The Morgan fingerprint density at radius 1 is 0.679 bits per heavy atom. The van der Waals surface area contributed by atoms with E-state index in [2.05, 4.69) is 0 Å². The number of carbonyl (C=O) groups excluding carboxylic acids is 4. The predicted octanol–water partition coefficient (Wildman–Crippen LogP) is 1.71. The number of amides is 2. The van der Waals surface area contributed by atoms with E-state index >= 15 is 0 Å². The maximum atomic E-state index is 12.2. The van der Waals surface area contributed by atoms with Crippen LogP contribution in [0, 0.1) is 0 Å². The van der Waals surface area contributed by atoms with E-state index in [9.17, 15) is 38.4 Å². The van der Waals surface area contributed by atoms with Gasteiger partial charge in [-0.05, 0) is 0 Å². The number of carbonyl (C=O) groups is 8. The van der Waals surface area contributed by atoms with E-state index in [1.165, 1.54) is 5.32 Å². The van der Waals surface area contributed by atoms with Gasteiger partial charge >= 0.3 is 156 Å². The molecule has 28 heavy (non-hydrogen) atoms. The molecule has 0 heterocycles. The fourth-order valence-electron chi connectivity index (χ4n) is 2.18. The van der Waals surface area contributed by atoms with Crippen molar-refractivity contribution in [1.82, 2.24) is 10.6 Å². The van der Waals surface area contributed by atoms with Gasteiger partial charge in [0.25, 0.3) is 0 Å². The summed E-state index contributed by atoms with van der Waals surface area (Å²) in [4.78, 5) is 93.6. The second-order valence-electron chi connectivity index (χ2n) is 5.18. The molecule has 0 atom stereocenters. The van der Waals surface area contributed by atoms with Gasteiger partial charge in [-0.2, -0.15) is 0 Å². The van der Waals surface area contributed by atoms with Crippen LogP contribution in [-0.2, 0) is 9.59 Å². The molecule has 6 N–H and O–H groups in total. The third-order valence-electron chi connectivity index (χ3n) is 3.76. The quantitative estimate of drug-likeness (QED) is 0.249. The third-order valence-corrected chi connectivity index (χ3v) is 10.3. The van der Waals surface area contributed by atoms with Crippen molar-refractivity contribution in [3.8, 4) is 0 Å². The Bertz CT molecular complexity index is 685. The van der Waals surface area contributed by atoms with Crippen LogP contribution in [0.4, 0.5) is 28.8 Å². The minimum absolute atomic E-state index is 0.632. The van der Waals surface area contributed by atoms with Crippen LogP contribution in [0.1, 0.15) is 13.3 Å². The van der Waals surface area contributed by atoms with Crippen molar-refractivity contribution in [1.29, 1.82) is 0 Å². The van der Waals surface area contributed by atoms with E-state index in [1.807, 2.05) is 0 Å². The molecule has 0 aliphatic carbocycles. The van der Waals surface area contributed by atoms with Crippen molar-refractivity contribution in [3.05, 3.63) is 0 Å². The normalized spacial score (nSPS) is 12.2. The van der Waals surface area contributed by atoms with Crippen LogP contribution in [0.15, 0.2) is 0 Å². The number of nitrogens with one attached hydrogen (secondary N) is 2. The first-order valence-electron chi connectivity index (χ1n) is 7.30. The molecule has 0 fully saturated rings. The molecule has 0 aromatic heterocycles. The maximum absolute atomic E-state index is 12.2. The molecule has 0 aliphatic rings. The fraction of sp³-hybridized carbons (Fsp3) is 0.333. The Morgan fingerprint density at radius 3 is 1.32 bits per heavy atom. The van der Waals surface area contributed by atoms with Crippen LogP contribution >= 0.6 is 14.5 Å². The van der Waals surface area contributed by atoms with Crippen molar-refractivity contribution in [2.75, 3.05) is 13.6 Å². The molecule has 0 radical (unpaired) electrons. The Balaban J connectivity index is 6.06. The average Bonchev–Trinajstić information content (AvgIpc) is 2.59. The third kappa shape index (κ3) is 3.82. The van der Waals surface area contributed by atoms with E-state index in [0.717, 1.165) is 14.0 Å². The number of hydrogen-bond acceptors (Lipinski definition) is 8. The van der Waals surface area contributed by atoms with Gasteiger partial charge in [0.05, 0.1) is 0 Å². The molecule has 158 valence electrons. The van der Waals surface area contributed by atoms with Crippen LogP contribution < -0.4 is 10.6 Å². The minimum atomic E-state index is -5.51. The Labute approximate surface area is 156 Å². The van der Waals surface area contributed by atoms with Crippen molar-refractivity contribution >= 4 is 59.7 Å². The van der Waals surface area contributed by atoms with Gasteiger partial charge in [0.15, 0.2) is 0 Å². The molecule has 0 saturated heterocycles. The molecule has 0 saturated carbocycles. The molecule has 0 bridgehead atoms. The van der Waals surface area contributed by atoms with Crippen LogP contribution in [-0.4, -0.2) is 79.2 Å².